The van der Waals surface area contributed by atoms with Crippen molar-refractivity contribution < 1.29 is 17.9 Å². The zero-order chi connectivity index (χ0) is 22.4. The molecule has 0 radical (unpaired) electrons. The first-order chi connectivity index (χ1) is 14.8. The van der Waals surface area contributed by atoms with Crippen LogP contribution in [-0.4, -0.2) is 32.3 Å². The molecule has 0 unspecified atom stereocenters. The van der Waals surface area contributed by atoms with Gasteiger partial charge in [0, 0.05) is 17.3 Å². The highest BCUT2D eigenvalue weighted by atomic mass is 35.5. The van der Waals surface area contributed by atoms with E-state index in [0.717, 1.165) is 15.4 Å². The van der Waals surface area contributed by atoms with Crippen molar-refractivity contribution in [1.29, 1.82) is 0 Å². The van der Waals surface area contributed by atoms with Gasteiger partial charge in [0.1, 0.15) is 5.75 Å². The van der Waals surface area contributed by atoms with E-state index in [1.165, 1.54) is 24.3 Å². The van der Waals surface area contributed by atoms with Crippen LogP contribution in [0.2, 0.25) is 5.02 Å². The van der Waals surface area contributed by atoms with Crippen LogP contribution in [0.1, 0.15) is 11.1 Å². The first-order valence-electron chi connectivity index (χ1n) is 9.53. The number of rotatable bonds is 8. The lowest BCUT2D eigenvalue weighted by molar-refractivity contribution is -0.116. The number of nitrogens with zero attached hydrogens (tertiary/aromatic N) is 1. The number of anilines is 1. The number of nitrogens with one attached hydrogen (secondary N) is 1. The van der Waals surface area contributed by atoms with Gasteiger partial charge in [-0.25, -0.2) is 8.42 Å². The van der Waals surface area contributed by atoms with E-state index in [1.54, 1.807) is 31.4 Å². The predicted molar refractivity (Wildman–Crippen MR) is 122 cm³/mol. The van der Waals surface area contributed by atoms with Crippen molar-refractivity contribution in [2.75, 3.05) is 19.0 Å². The third-order valence-corrected chi connectivity index (χ3v) is 6.68. The fourth-order valence-corrected chi connectivity index (χ4v) is 4.42. The summed E-state index contributed by atoms with van der Waals surface area (Å²) in [6.45, 7) is 1.67. The molecule has 0 saturated carbocycles. The minimum atomic E-state index is -3.93. The highest BCUT2D eigenvalue weighted by molar-refractivity contribution is 7.89. The van der Waals surface area contributed by atoms with E-state index in [9.17, 15) is 13.2 Å². The molecule has 6 nitrogen and oxygen atoms in total. The molecule has 1 N–H and O–H groups in total. The number of amides is 1. The Kier molecular flexibility index (Phi) is 7.33. The second-order valence-electron chi connectivity index (χ2n) is 6.99. The van der Waals surface area contributed by atoms with Crippen LogP contribution in [0.4, 0.5) is 5.69 Å². The van der Waals surface area contributed by atoms with Crippen molar-refractivity contribution in [3.8, 4) is 5.75 Å². The molecule has 8 heteroatoms. The molecular formula is C23H23ClN2O4S. The van der Waals surface area contributed by atoms with Crippen molar-refractivity contribution >= 4 is 33.2 Å². The minimum absolute atomic E-state index is 0.0568. The Morgan fingerprint density at radius 2 is 1.58 bits per heavy atom. The number of halogens is 1. The molecule has 0 bridgehead atoms. The Balaban J connectivity index is 1.84. The van der Waals surface area contributed by atoms with Crippen LogP contribution >= 0.6 is 11.6 Å². The first kappa shape index (κ1) is 22.8. The van der Waals surface area contributed by atoms with E-state index < -0.39 is 15.9 Å². The van der Waals surface area contributed by atoms with Gasteiger partial charge in [0.25, 0.3) is 0 Å². The maximum absolute atomic E-state index is 13.3. The number of hydrogen-bond donors (Lipinski definition) is 1. The standard InChI is InChI=1S/C23H23ClN2O4S/c1-17-3-5-18(6-4-17)15-26(31(28,29)22-13-7-19(24)8-14-22)16-23(27)25-20-9-11-21(30-2)12-10-20/h3-14H,15-16H2,1-2H3,(H,25,27). The van der Waals surface area contributed by atoms with Crippen LogP contribution in [0, 0.1) is 6.92 Å². The minimum Gasteiger partial charge on any atom is -0.497 e. The van der Waals surface area contributed by atoms with E-state index in [2.05, 4.69) is 5.32 Å². The Bertz CT molecular complexity index is 1130. The number of aryl methyl sites for hydroxylation is 1. The lowest BCUT2D eigenvalue weighted by atomic mass is 10.1. The SMILES string of the molecule is COc1ccc(NC(=O)CN(Cc2ccc(C)cc2)S(=O)(=O)c2ccc(Cl)cc2)cc1. The van der Waals surface area contributed by atoms with Crippen molar-refractivity contribution in [3.63, 3.8) is 0 Å². The van der Waals surface area contributed by atoms with Gasteiger partial charge in [-0.1, -0.05) is 41.4 Å². The summed E-state index contributed by atoms with van der Waals surface area (Å²) in [5.74, 6) is 0.208. The first-order valence-corrected chi connectivity index (χ1v) is 11.3. The van der Waals surface area contributed by atoms with Gasteiger partial charge in [0.2, 0.25) is 15.9 Å². The third-order valence-electron chi connectivity index (χ3n) is 4.62. The number of methoxy groups -OCH3 is 1. The van der Waals surface area contributed by atoms with E-state index in [-0.39, 0.29) is 18.0 Å². The largest absolute Gasteiger partial charge is 0.497 e. The van der Waals surface area contributed by atoms with Gasteiger partial charge in [-0.15, -0.1) is 0 Å². The van der Waals surface area contributed by atoms with Crippen molar-refractivity contribution in [2.45, 2.75) is 18.4 Å². The van der Waals surface area contributed by atoms with Gasteiger partial charge >= 0.3 is 0 Å². The summed E-state index contributed by atoms with van der Waals surface area (Å²) in [6.07, 6.45) is 0. The molecule has 0 fully saturated rings. The van der Waals surface area contributed by atoms with E-state index in [4.69, 9.17) is 16.3 Å². The number of carbonyl (C=O) groups excluding carboxylic acids is 1. The number of benzene rings is 3. The maximum Gasteiger partial charge on any atom is 0.243 e. The van der Waals surface area contributed by atoms with Crippen LogP contribution in [-0.2, 0) is 21.4 Å². The summed E-state index contributed by atoms with van der Waals surface area (Å²) < 4.78 is 32.8. The average molecular weight is 459 g/mol. The number of hydrogen-bond acceptors (Lipinski definition) is 4. The topological polar surface area (TPSA) is 75.7 Å². The quantitative estimate of drug-likeness (QED) is 0.539. The normalized spacial score (nSPS) is 11.4. The number of ether oxygens (including phenoxy) is 1. The summed E-state index contributed by atoms with van der Waals surface area (Å²) >= 11 is 5.90. The molecule has 0 atom stereocenters. The van der Waals surface area contributed by atoms with Gasteiger partial charge in [-0.2, -0.15) is 4.31 Å². The molecule has 3 rings (SSSR count). The Morgan fingerprint density at radius 1 is 0.968 bits per heavy atom. The molecule has 3 aromatic rings. The Hall–Kier alpha value is -2.87. The van der Waals surface area contributed by atoms with Gasteiger partial charge in [0.15, 0.2) is 0 Å². The molecule has 0 aliphatic heterocycles. The van der Waals surface area contributed by atoms with Crippen LogP contribution in [0.5, 0.6) is 5.75 Å². The maximum atomic E-state index is 13.3. The molecule has 0 spiro atoms. The Morgan fingerprint density at radius 3 is 2.16 bits per heavy atom. The molecule has 0 aliphatic carbocycles. The van der Waals surface area contributed by atoms with Gasteiger partial charge in [0.05, 0.1) is 18.6 Å². The molecule has 31 heavy (non-hydrogen) atoms. The monoisotopic (exact) mass is 458 g/mol. The predicted octanol–water partition coefficient (Wildman–Crippen LogP) is 4.49. The fraction of sp³-hybridized carbons (Fsp3) is 0.174. The molecule has 162 valence electrons. The summed E-state index contributed by atoms with van der Waals surface area (Å²) in [7, 11) is -2.38. The van der Waals surface area contributed by atoms with Gasteiger partial charge < -0.3 is 10.1 Å². The Labute approximate surface area is 187 Å². The van der Waals surface area contributed by atoms with Gasteiger partial charge in [-0.3, -0.25) is 4.79 Å². The molecule has 0 aromatic heterocycles. The van der Waals surface area contributed by atoms with Crippen LogP contribution in [0.25, 0.3) is 0 Å². The second kappa shape index (κ2) is 9.96. The van der Waals surface area contributed by atoms with Crippen molar-refractivity contribution in [1.82, 2.24) is 4.31 Å². The lowest BCUT2D eigenvalue weighted by Crippen LogP contribution is -2.37. The van der Waals surface area contributed by atoms with Crippen LogP contribution in [0.3, 0.4) is 0 Å². The molecular weight excluding hydrogens is 436 g/mol. The summed E-state index contributed by atoms with van der Waals surface area (Å²) in [5.41, 5.74) is 2.39. The van der Waals surface area contributed by atoms with E-state index in [0.29, 0.717) is 16.5 Å². The molecule has 0 heterocycles. The molecule has 0 aliphatic rings. The smallest absolute Gasteiger partial charge is 0.243 e. The van der Waals surface area contributed by atoms with E-state index >= 15 is 0 Å². The van der Waals surface area contributed by atoms with Crippen LogP contribution in [0.15, 0.2) is 77.7 Å². The van der Waals surface area contributed by atoms with E-state index in [1.807, 2.05) is 31.2 Å². The summed E-state index contributed by atoms with van der Waals surface area (Å²) in [5, 5.41) is 3.16. The van der Waals surface area contributed by atoms with Crippen molar-refractivity contribution in [3.05, 3.63) is 88.9 Å². The lowest BCUT2D eigenvalue weighted by Gasteiger charge is -2.22. The molecule has 1 amide bonds. The van der Waals surface area contributed by atoms with Crippen LogP contribution < -0.4 is 10.1 Å². The van der Waals surface area contributed by atoms with Gasteiger partial charge in [-0.05, 0) is 61.0 Å². The summed E-state index contributed by atoms with van der Waals surface area (Å²) in [4.78, 5) is 12.8. The number of sulfonamides is 1. The summed E-state index contributed by atoms with van der Waals surface area (Å²) in [6, 6.07) is 20.2. The zero-order valence-corrected chi connectivity index (χ0v) is 18.8. The highest BCUT2D eigenvalue weighted by Crippen LogP contribution is 2.21. The third kappa shape index (κ3) is 6.07. The van der Waals surface area contributed by atoms with Crippen molar-refractivity contribution in [2.24, 2.45) is 0 Å². The highest BCUT2D eigenvalue weighted by Gasteiger charge is 2.27. The fourth-order valence-electron chi connectivity index (χ4n) is 2.91. The average Bonchev–Trinajstić information content (AvgIpc) is 2.75. The second-order valence-corrected chi connectivity index (χ2v) is 9.36. The molecule has 3 aromatic carbocycles. The number of carbonyl (C=O) groups is 1. The zero-order valence-electron chi connectivity index (χ0n) is 17.2. The molecule has 0 saturated heterocycles.